The molecule has 1 aromatic heterocycles. The highest BCUT2D eigenvalue weighted by atomic mass is 79.9. The largest absolute Gasteiger partial charge is 0.478 e. The monoisotopic (exact) mass is 412 g/mol. The summed E-state index contributed by atoms with van der Waals surface area (Å²) in [6.45, 7) is 1.77. The molecule has 0 atom stereocenters. The Morgan fingerprint density at radius 1 is 1.24 bits per heavy atom. The van der Waals surface area contributed by atoms with Crippen LogP contribution in [0.15, 0.2) is 39.4 Å². The zero-order chi connectivity index (χ0) is 15.6. The summed E-state index contributed by atoms with van der Waals surface area (Å²) in [5.74, 6) is -1.52. The molecule has 1 heterocycles. The number of rotatable bonds is 3. The maximum Gasteiger partial charge on any atom is 0.337 e. The molecule has 0 aliphatic heterocycles. The summed E-state index contributed by atoms with van der Waals surface area (Å²) >= 11 is 6.48. The molecular weight excluding hydrogens is 404 g/mol. The van der Waals surface area contributed by atoms with E-state index in [1.54, 1.807) is 25.1 Å². The van der Waals surface area contributed by atoms with Gasteiger partial charge in [0.15, 0.2) is 0 Å². The number of carbonyl (C=O) groups excluding carboxylic acids is 1. The number of hydrogen-bond donors (Lipinski definition) is 2. The summed E-state index contributed by atoms with van der Waals surface area (Å²) in [6, 6.07) is 6.29. The number of aromatic carboxylic acids is 1. The lowest BCUT2D eigenvalue weighted by Crippen LogP contribution is -2.15. The van der Waals surface area contributed by atoms with Crippen molar-refractivity contribution in [1.82, 2.24) is 4.98 Å². The van der Waals surface area contributed by atoms with Gasteiger partial charge < -0.3 is 10.4 Å². The van der Waals surface area contributed by atoms with Crippen LogP contribution in [0.2, 0.25) is 0 Å². The number of carboxylic acids is 1. The minimum absolute atomic E-state index is 0.00428. The zero-order valence-electron chi connectivity index (χ0n) is 10.9. The molecule has 0 fully saturated rings. The van der Waals surface area contributed by atoms with E-state index in [1.807, 2.05) is 0 Å². The Morgan fingerprint density at radius 2 is 1.95 bits per heavy atom. The molecule has 0 saturated carbocycles. The number of hydrogen-bond acceptors (Lipinski definition) is 3. The number of aromatic nitrogens is 1. The average Bonchev–Trinajstić information content (AvgIpc) is 2.41. The predicted molar refractivity (Wildman–Crippen MR) is 85.7 cm³/mol. The summed E-state index contributed by atoms with van der Waals surface area (Å²) in [5, 5.41) is 11.9. The molecule has 5 nitrogen and oxygen atoms in total. The molecule has 2 aromatic rings. The first-order valence-corrected chi connectivity index (χ1v) is 7.43. The molecule has 2 N–H and O–H groups in total. The van der Waals surface area contributed by atoms with Gasteiger partial charge >= 0.3 is 5.97 Å². The molecule has 21 heavy (non-hydrogen) atoms. The number of carboxylic acid groups (broad SMARTS) is 1. The Kier molecular flexibility index (Phi) is 4.74. The Bertz CT molecular complexity index is 732. The van der Waals surface area contributed by atoms with E-state index in [0.717, 1.165) is 0 Å². The summed E-state index contributed by atoms with van der Waals surface area (Å²) in [4.78, 5) is 27.5. The first-order valence-electron chi connectivity index (χ1n) is 5.85. The highest BCUT2D eigenvalue weighted by molar-refractivity contribution is 9.11. The summed E-state index contributed by atoms with van der Waals surface area (Å²) in [5.41, 5.74) is 1.32. The van der Waals surface area contributed by atoms with Crippen LogP contribution in [0.1, 0.15) is 26.4 Å². The van der Waals surface area contributed by atoms with Crippen LogP contribution in [0.3, 0.4) is 0 Å². The maximum absolute atomic E-state index is 12.2. The highest BCUT2D eigenvalue weighted by Crippen LogP contribution is 2.31. The Morgan fingerprint density at radius 3 is 2.57 bits per heavy atom. The lowest BCUT2D eigenvalue weighted by Gasteiger charge is -2.11. The number of aryl methyl sites for hydroxylation is 1. The molecule has 0 bridgehead atoms. The smallest absolute Gasteiger partial charge is 0.337 e. The summed E-state index contributed by atoms with van der Waals surface area (Å²) < 4.78 is 1.08. The van der Waals surface area contributed by atoms with Gasteiger partial charge in [0.1, 0.15) is 0 Å². The van der Waals surface area contributed by atoms with Crippen molar-refractivity contribution in [3.8, 4) is 0 Å². The molecular formula is C14H10Br2N2O3. The Balaban J connectivity index is 2.39. The van der Waals surface area contributed by atoms with E-state index in [-0.39, 0.29) is 11.3 Å². The SMILES string of the molecule is Cc1cc(C(=O)Nc2c(Br)cc(Br)cc2C(=O)O)ccn1. The van der Waals surface area contributed by atoms with Crippen LogP contribution in [0.4, 0.5) is 5.69 Å². The second kappa shape index (κ2) is 6.36. The van der Waals surface area contributed by atoms with Crippen molar-refractivity contribution in [2.75, 3.05) is 5.32 Å². The van der Waals surface area contributed by atoms with E-state index < -0.39 is 11.9 Å². The minimum atomic E-state index is -1.13. The molecule has 0 saturated heterocycles. The fourth-order valence-electron chi connectivity index (χ4n) is 1.74. The average molecular weight is 414 g/mol. The van der Waals surface area contributed by atoms with Crippen LogP contribution in [0.25, 0.3) is 0 Å². The minimum Gasteiger partial charge on any atom is -0.478 e. The lowest BCUT2D eigenvalue weighted by atomic mass is 10.1. The molecule has 1 amide bonds. The second-order valence-electron chi connectivity index (χ2n) is 4.26. The molecule has 108 valence electrons. The molecule has 0 aliphatic carbocycles. The summed E-state index contributed by atoms with van der Waals surface area (Å²) in [7, 11) is 0. The van der Waals surface area contributed by atoms with Gasteiger partial charge in [-0.3, -0.25) is 9.78 Å². The van der Waals surface area contributed by atoms with E-state index >= 15 is 0 Å². The Hall–Kier alpha value is -1.73. The Labute approximate surface area is 137 Å². The fourth-order valence-corrected chi connectivity index (χ4v) is 3.07. The molecule has 0 radical (unpaired) electrons. The predicted octanol–water partition coefficient (Wildman–Crippen LogP) is 3.87. The standard InChI is InChI=1S/C14H10Br2N2O3/c1-7-4-8(2-3-17-7)13(19)18-12-10(14(20)21)5-9(15)6-11(12)16/h2-6H,1H3,(H,18,19)(H,20,21). The van der Waals surface area contributed by atoms with E-state index in [1.165, 1.54) is 12.3 Å². The third kappa shape index (κ3) is 3.68. The number of carbonyl (C=O) groups is 2. The van der Waals surface area contributed by atoms with Crippen LogP contribution < -0.4 is 5.32 Å². The molecule has 2 rings (SSSR count). The number of benzene rings is 1. The van der Waals surface area contributed by atoms with Gasteiger partial charge in [0.05, 0.1) is 11.3 Å². The van der Waals surface area contributed by atoms with Crippen LogP contribution in [-0.2, 0) is 0 Å². The quantitative estimate of drug-likeness (QED) is 0.800. The normalized spacial score (nSPS) is 10.2. The first-order chi connectivity index (χ1) is 9.88. The van der Waals surface area contributed by atoms with Gasteiger partial charge in [-0.15, -0.1) is 0 Å². The van der Waals surface area contributed by atoms with Crippen molar-refractivity contribution in [2.45, 2.75) is 6.92 Å². The number of anilines is 1. The van der Waals surface area contributed by atoms with E-state index in [0.29, 0.717) is 20.2 Å². The topological polar surface area (TPSA) is 79.3 Å². The van der Waals surface area contributed by atoms with Crippen molar-refractivity contribution >= 4 is 49.4 Å². The maximum atomic E-state index is 12.2. The van der Waals surface area contributed by atoms with Crippen LogP contribution in [0, 0.1) is 6.92 Å². The second-order valence-corrected chi connectivity index (χ2v) is 6.03. The number of nitrogens with one attached hydrogen (secondary N) is 1. The number of halogens is 2. The highest BCUT2D eigenvalue weighted by Gasteiger charge is 2.17. The number of amides is 1. The third-order valence-corrected chi connectivity index (χ3v) is 3.77. The summed E-state index contributed by atoms with van der Waals surface area (Å²) in [6.07, 6.45) is 1.53. The van der Waals surface area contributed by atoms with Crippen LogP contribution in [-0.4, -0.2) is 22.0 Å². The van der Waals surface area contributed by atoms with E-state index in [2.05, 4.69) is 42.2 Å². The van der Waals surface area contributed by atoms with E-state index in [9.17, 15) is 14.7 Å². The van der Waals surface area contributed by atoms with Crippen molar-refractivity contribution in [3.63, 3.8) is 0 Å². The van der Waals surface area contributed by atoms with Gasteiger partial charge in [0.25, 0.3) is 5.91 Å². The van der Waals surface area contributed by atoms with Gasteiger partial charge in [-0.05, 0) is 47.1 Å². The molecule has 7 heteroatoms. The fraction of sp³-hybridized carbons (Fsp3) is 0.0714. The van der Waals surface area contributed by atoms with Gasteiger partial charge in [0, 0.05) is 26.4 Å². The zero-order valence-corrected chi connectivity index (χ0v) is 14.0. The van der Waals surface area contributed by atoms with Gasteiger partial charge in [-0.1, -0.05) is 15.9 Å². The molecule has 0 aliphatic rings. The van der Waals surface area contributed by atoms with Gasteiger partial charge in [-0.2, -0.15) is 0 Å². The number of nitrogens with zero attached hydrogens (tertiary/aromatic N) is 1. The molecule has 1 aromatic carbocycles. The van der Waals surface area contributed by atoms with Crippen LogP contribution in [0.5, 0.6) is 0 Å². The molecule has 0 spiro atoms. The van der Waals surface area contributed by atoms with Crippen molar-refractivity contribution in [3.05, 3.63) is 56.2 Å². The van der Waals surface area contributed by atoms with E-state index in [4.69, 9.17) is 0 Å². The number of pyridine rings is 1. The lowest BCUT2D eigenvalue weighted by molar-refractivity contribution is 0.0698. The molecule has 0 unspecified atom stereocenters. The first kappa shape index (κ1) is 15.7. The van der Waals surface area contributed by atoms with Crippen LogP contribution >= 0.6 is 31.9 Å². The van der Waals surface area contributed by atoms with Gasteiger partial charge in [0.2, 0.25) is 0 Å². The third-order valence-electron chi connectivity index (χ3n) is 2.68. The van der Waals surface area contributed by atoms with Crippen molar-refractivity contribution in [1.29, 1.82) is 0 Å². The van der Waals surface area contributed by atoms with Gasteiger partial charge in [-0.25, -0.2) is 4.79 Å². The van der Waals surface area contributed by atoms with Crippen molar-refractivity contribution in [2.24, 2.45) is 0 Å². The van der Waals surface area contributed by atoms with Crippen molar-refractivity contribution < 1.29 is 14.7 Å².